The van der Waals surface area contributed by atoms with Gasteiger partial charge in [-0.25, -0.2) is 0 Å². The number of aromatic nitrogens is 2. The van der Waals surface area contributed by atoms with E-state index in [9.17, 15) is 0 Å². The first-order valence-electron chi connectivity index (χ1n) is 6.67. The van der Waals surface area contributed by atoms with Crippen molar-refractivity contribution in [2.75, 3.05) is 33.9 Å². The molecule has 0 aliphatic carbocycles. The normalized spacial score (nSPS) is 18.8. The number of hydrogen-bond donors (Lipinski definition) is 1. The standard InChI is InChI=1S/C13H23N5O.HI/c1-14-13(15-8-12-4-6-16-18(12)3)17(2)9-11-5-7-19-10-11;/h4,6,11H,5,7-10H2,1-3H3,(H,14,15);1H. The quantitative estimate of drug-likeness (QED) is 0.473. The van der Waals surface area contributed by atoms with Crippen molar-refractivity contribution < 1.29 is 4.74 Å². The van der Waals surface area contributed by atoms with Crippen LogP contribution in [-0.2, 0) is 18.3 Å². The van der Waals surface area contributed by atoms with Gasteiger partial charge in [-0.3, -0.25) is 9.67 Å². The lowest BCUT2D eigenvalue weighted by Gasteiger charge is -2.24. The number of nitrogens with zero attached hydrogens (tertiary/aromatic N) is 4. The summed E-state index contributed by atoms with van der Waals surface area (Å²) in [5.74, 6) is 1.52. The fraction of sp³-hybridized carbons (Fsp3) is 0.692. The Hall–Kier alpha value is -0.830. The van der Waals surface area contributed by atoms with Gasteiger partial charge in [0.25, 0.3) is 0 Å². The molecule has 1 fully saturated rings. The molecule has 0 aromatic carbocycles. The molecule has 7 heteroatoms. The molecule has 0 bridgehead atoms. The van der Waals surface area contributed by atoms with Crippen LogP contribution in [0, 0.1) is 5.92 Å². The topological polar surface area (TPSA) is 54.7 Å². The molecule has 6 nitrogen and oxygen atoms in total. The molecule has 20 heavy (non-hydrogen) atoms. The summed E-state index contributed by atoms with van der Waals surface area (Å²) in [7, 11) is 5.82. The number of guanidine groups is 1. The predicted molar refractivity (Wildman–Crippen MR) is 90.4 cm³/mol. The minimum Gasteiger partial charge on any atom is -0.381 e. The number of aliphatic imine (C=N–C) groups is 1. The second kappa shape index (κ2) is 8.46. The van der Waals surface area contributed by atoms with E-state index in [0.717, 1.165) is 44.4 Å². The van der Waals surface area contributed by atoms with E-state index >= 15 is 0 Å². The fourth-order valence-corrected chi connectivity index (χ4v) is 2.33. The molecule has 1 aromatic rings. The van der Waals surface area contributed by atoms with Gasteiger partial charge in [0.05, 0.1) is 18.8 Å². The molecule has 2 heterocycles. The molecule has 0 amide bonds. The Balaban J connectivity index is 0.00000200. The third kappa shape index (κ3) is 4.62. The first-order valence-corrected chi connectivity index (χ1v) is 6.67. The van der Waals surface area contributed by atoms with Gasteiger partial charge in [-0.1, -0.05) is 0 Å². The highest BCUT2D eigenvalue weighted by Gasteiger charge is 2.19. The van der Waals surface area contributed by atoms with Crippen molar-refractivity contribution in [2.45, 2.75) is 13.0 Å². The molecule has 2 rings (SSSR count). The Bertz CT molecular complexity index is 428. The van der Waals surface area contributed by atoms with Gasteiger partial charge in [0.2, 0.25) is 0 Å². The Kier molecular flexibility index (Phi) is 7.28. The lowest BCUT2D eigenvalue weighted by Crippen LogP contribution is -2.41. The summed E-state index contributed by atoms with van der Waals surface area (Å²) in [5.41, 5.74) is 1.14. The van der Waals surface area contributed by atoms with E-state index in [1.807, 2.05) is 24.8 Å². The predicted octanol–water partition coefficient (Wildman–Crippen LogP) is 1.08. The molecule has 1 atom stereocenters. The highest BCUT2D eigenvalue weighted by molar-refractivity contribution is 14.0. The number of rotatable bonds is 4. The van der Waals surface area contributed by atoms with E-state index in [2.05, 4.69) is 27.4 Å². The van der Waals surface area contributed by atoms with Crippen molar-refractivity contribution >= 4 is 29.9 Å². The van der Waals surface area contributed by atoms with Crippen LogP contribution < -0.4 is 5.32 Å². The van der Waals surface area contributed by atoms with E-state index < -0.39 is 0 Å². The van der Waals surface area contributed by atoms with Crippen LogP contribution in [0.4, 0.5) is 0 Å². The number of nitrogens with one attached hydrogen (secondary N) is 1. The maximum absolute atomic E-state index is 5.41. The first-order chi connectivity index (χ1) is 9.20. The molecule has 1 unspecified atom stereocenters. The Labute approximate surface area is 137 Å². The maximum Gasteiger partial charge on any atom is 0.193 e. The summed E-state index contributed by atoms with van der Waals surface area (Å²) < 4.78 is 7.27. The number of halogens is 1. The zero-order valence-corrected chi connectivity index (χ0v) is 14.7. The van der Waals surface area contributed by atoms with Gasteiger partial charge >= 0.3 is 0 Å². The van der Waals surface area contributed by atoms with E-state index in [1.54, 1.807) is 6.20 Å². The summed E-state index contributed by atoms with van der Waals surface area (Å²) >= 11 is 0. The zero-order valence-electron chi connectivity index (χ0n) is 12.4. The summed E-state index contributed by atoms with van der Waals surface area (Å²) in [6.45, 7) is 3.46. The van der Waals surface area contributed by atoms with E-state index in [1.165, 1.54) is 0 Å². The molecule has 1 aliphatic rings. The van der Waals surface area contributed by atoms with Crippen molar-refractivity contribution in [3.05, 3.63) is 18.0 Å². The minimum absolute atomic E-state index is 0. The van der Waals surface area contributed by atoms with Gasteiger partial charge in [-0.15, -0.1) is 24.0 Å². The van der Waals surface area contributed by atoms with Crippen LogP contribution in [-0.4, -0.2) is 54.5 Å². The molecule has 1 N–H and O–H groups in total. The first kappa shape index (κ1) is 17.2. The van der Waals surface area contributed by atoms with Crippen molar-refractivity contribution in [2.24, 2.45) is 18.0 Å². The molecule has 1 saturated heterocycles. The van der Waals surface area contributed by atoms with Gasteiger partial charge in [0.1, 0.15) is 0 Å². The lowest BCUT2D eigenvalue weighted by molar-refractivity contribution is 0.181. The Morgan fingerprint density at radius 1 is 1.65 bits per heavy atom. The van der Waals surface area contributed by atoms with Crippen LogP contribution in [0.5, 0.6) is 0 Å². The minimum atomic E-state index is 0. The number of ether oxygens (including phenoxy) is 1. The summed E-state index contributed by atoms with van der Waals surface area (Å²) in [4.78, 5) is 6.48. The van der Waals surface area contributed by atoms with Gasteiger partial charge in [0.15, 0.2) is 5.96 Å². The fourth-order valence-electron chi connectivity index (χ4n) is 2.33. The third-order valence-electron chi connectivity index (χ3n) is 3.48. The van der Waals surface area contributed by atoms with Crippen molar-refractivity contribution in [3.8, 4) is 0 Å². The average Bonchev–Trinajstić information content (AvgIpc) is 3.02. The van der Waals surface area contributed by atoms with Crippen LogP contribution in [0.1, 0.15) is 12.1 Å². The van der Waals surface area contributed by atoms with Gasteiger partial charge in [-0.2, -0.15) is 5.10 Å². The zero-order chi connectivity index (χ0) is 13.7. The highest BCUT2D eigenvalue weighted by atomic mass is 127. The van der Waals surface area contributed by atoms with Crippen LogP contribution in [0.2, 0.25) is 0 Å². The smallest absolute Gasteiger partial charge is 0.193 e. The average molecular weight is 393 g/mol. The Morgan fingerprint density at radius 2 is 2.45 bits per heavy atom. The molecule has 1 aliphatic heterocycles. The SMILES string of the molecule is CN=C(NCc1ccnn1C)N(C)CC1CCOC1.I. The summed E-state index contributed by atoms with van der Waals surface area (Å²) in [6, 6.07) is 2.01. The summed E-state index contributed by atoms with van der Waals surface area (Å²) in [5, 5.41) is 7.52. The van der Waals surface area contributed by atoms with Gasteiger partial charge < -0.3 is 15.0 Å². The molecular weight excluding hydrogens is 369 g/mol. The monoisotopic (exact) mass is 393 g/mol. The molecule has 0 saturated carbocycles. The molecule has 114 valence electrons. The van der Waals surface area contributed by atoms with E-state index in [4.69, 9.17) is 4.74 Å². The largest absolute Gasteiger partial charge is 0.381 e. The van der Waals surface area contributed by atoms with Crippen molar-refractivity contribution in [1.29, 1.82) is 0 Å². The van der Waals surface area contributed by atoms with E-state index in [-0.39, 0.29) is 24.0 Å². The van der Waals surface area contributed by atoms with Crippen LogP contribution in [0.15, 0.2) is 17.3 Å². The number of aryl methyl sites for hydroxylation is 1. The number of hydrogen-bond acceptors (Lipinski definition) is 3. The molecule has 0 radical (unpaired) electrons. The molecule has 1 aromatic heterocycles. The third-order valence-corrected chi connectivity index (χ3v) is 3.48. The van der Waals surface area contributed by atoms with E-state index in [0.29, 0.717) is 5.92 Å². The van der Waals surface area contributed by atoms with Gasteiger partial charge in [0, 0.05) is 46.4 Å². The Morgan fingerprint density at radius 3 is 3.00 bits per heavy atom. The van der Waals surface area contributed by atoms with Crippen molar-refractivity contribution in [3.63, 3.8) is 0 Å². The van der Waals surface area contributed by atoms with Crippen LogP contribution in [0.25, 0.3) is 0 Å². The lowest BCUT2D eigenvalue weighted by atomic mass is 10.1. The second-order valence-corrected chi connectivity index (χ2v) is 4.96. The van der Waals surface area contributed by atoms with Crippen LogP contribution >= 0.6 is 24.0 Å². The maximum atomic E-state index is 5.41. The van der Waals surface area contributed by atoms with Crippen LogP contribution in [0.3, 0.4) is 0 Å². The molecular formula is C13H24IN5O. The molecule has 0 spiro atoms. The van der Waals surface area contributed by atoms with Crippen molar-refractivity contribution in [1.82, 2.24) is 20.0 Å². The van der Waals surface area contributed by atoms with Gasteiger partial charge in [-0.05, 0) is 12.5 Å². The highest BCUT2D eigenvalue weighted by Crippen LogP contribution is 2.13. The second-order valence-electron chi connectivity index (χ2n) is 4.96. The summed E-state index contributed by atoms with van der Waals surface area (Å²) in [6.07, 6.45) is 2.95.